The molecule has 0 aliphatic rings. The average Bonchev–Trinajstić information content (AvgIpc) is 3.45. The first-order valence-electron chi connectivity index (χ1n) is 10.1. The summed E-state index contributed by atoms with van der Waals surface area (Å²) in [6, 6.07) is 8.56. The van der Waals surface area contributed by atoms with Gasteiger partial charge in [-0.05, 0) is 37.3 Å². The van der Waals surface area contributed by atoms with E-state index < -0.39 is 17.2 Å². The number of thiophene rings is 2. The van der Waals surface area contributed by atoms with Crippen molar-refractivity contribution in [2.24, 2.45) is 0 Å². The van der Waals surface area contributed by atoms with Crippen LogP contribution in [0.25, 0.3) is 36.4 Å². The minimum atomic E-state index is -0.614. The zero-order chi connectivity index (χ0) is 24.0. The van der Waals surface area contributed by atoms with Crippen LogP contribution >= 0.6 is 34.3 Å². The largest absolute Gasteiger partial charge is 0.497 e. The van der Waals surface area contributed by atoms with E-state index in [9.17, 15) is 14.4 Å². The van der Waals surface area contributed by atoms with Gasteiger partial charge in [0.15, 0.2) is 0 Å². The monoisotopic (exact) mass is 513 g/mol. The molecule has 11 heteroatoms. The van der Waals surface area contributed by atoms with Crippen LogP contribution in [-0.2, 0) is 4.74 Å². The topological polar surface area (TPSA) is 103 Å². The van der Waals surface area contributed by atoms with Crippen LogP contribution in [0.5, 0.6) is 5.75 Å². The fourth-order valence-corrected chi connectivity index (χ4v) is 5.90. The Balaban J connectivity index is 1.70. The van der Waals surface area contributed by atoms with Crippen LogP contribution in [-0.4, -0.2) is 34.2 Å². The summed E-state index contributed by atoms with van der Waals surface area (Å²) in [5.74, 6) is 0.153. The predicted octanol–water partition coefficient (Wildman–Crippen LogP) is 4.86. The lowest BCUT2D eigenvalue weighted by Gasteiger charge is -2.05. The number of aromatic nitrogens is 3. The van der Waals surface area contributed by atoms with E-state index in [0.29, 0.717) is 46.4 Å². The molecule has 1 aromatic carbocycles. The Morgan fingerprint density at radius 3 is 2.76 bits per heavy atom. The Morgan fingerprint density at radius 2 is 2.00 bits per heavy atom. The Labute approximate surface area is 205 Å². The van der Waals surface area contributed by atoms with Crippen LogP contribution in [0.1, 0.15) is 16.6 Å². The Morgan fingerprint density at radius 1 is 1.18 bits per heavy atom. The highest BCUT2D eigenvalue weighted by Gasteiger charge is 2.19. The maximum Gasteiger partial charge on any atom is 0.348 e. The number of halogens is 1. The molecule has 0 radical (unpaired) electrons. The number of benzene rings is 1. The standard InChI is InChI=1S/C23H16ClN3O5S2/c1-3-32-22(29)18-7-13-16(9-25-10-19(13)33-18)27-21(28)20-15(26-23(27)30)8-17(34-20)12-6-11(31-2)4-5-14(12)24/h4-10H,3H2,1-2H3,(H,26,30). The van der Waals surface area contributed by atoms with Gasteiger partial charge in [-0.25, -0.2) is 14.2 Å². The molecule has 8 nitrogen and oxygen atoms in total. The number of pyridine rings is 1. The van der Waals surface area contributed by atoms with Crippen LogP contribution in [0, 0.1) is 0 Å². The van der Waals surface area contributed by atoms with E-state index in [4.69, 9.17) is 21.1 Å². The average molecular weight is 514 g/mol. The molecule has 0 aliphatic heterocycles. The Bertz CT molecular complexity index is 1700. The summed E-state index contributed by atoms with van der Waals surface area (Å²) in [5, 5.41) is 1.05. The second kappa shape index (κ2) is 8.71. The van der Waals surface area contributed by atoms with Crippen LogP contribution in [0.2, 0.25) is 5.02 Å². The molecular weight excluding hydrogens is 498 g/mol. The van der Waals surface area contributed by atoms with Crippen LogP contribution in [0.3, 0.4) is 0 Å². The highest BCUT2D eigenvalue weighted by Crippen LogP contribution is 2.37. The van der Waals surface area contributed by atoms with Gasteiger partial charge in [-0.3, -0.25) is 9.78 Å². The van der Waals surface area contributed by atoms with Gasteiger partial charge in [0.25, 0.3) is 5.56 Å². The number of fused-ring (bicyclic) bond motifs is 2. The van der Waals surface area contributed by atoms with E-state index in [0.717, 1.165) is 4.57 Å². The van der Waals surface area contributed by atoms with Gasteiger partial charge in [0.2, 0.25) is 0 Å². The first-order valence-corrected chi connectivity index (χ1v) is 12.1. The molecule has 5 rings (SSSR count). The van der Waals surface area contributed by atoms with Gasteiger partial charge in [-0.2, -0.15) is 0 Å². The van der Waals surface area contributed by atoms with Gasteiger partial charge in [-0.15, -0.1) is 22.7 Å². The molecule has 0 fully saturated rings. The van der Waals surface area contributed by atoms with Crippen LogP contribution < -0.4 is 16.0 Å². The second-order valence-corrected chi connectivity index (χ2v) is 9.71. The van der Waals surface area contributed by atoms with Gasteiger partial charge in [0.05, 0.1) is 35.8 Å². The fourth-order valence-electron chi connectivity index (χ4n) is 3.61. The normalized spacial score (nSPS) is 11.3. The highest BCUT2D eigenvalue weighted by atomic mass is 35.5. The minimum Gasteiger partial charge on any atom is -0.497 e. The number of ether oxygens (including phenoxy) is 2. The summed E-state index contributed by atoms with van der Waals surface area (Å²) in [6.07, 6.45) is 3.01. The zero-order valence-corrected chi connectivity index (χ0v) is 20.3. The quantitative estimate of drug-likeness (QED) is 0.337. The van der Waals surface area contributed by atoms with Gasteiger partial charge >= 0.3 is 11.7 Å². The number of aromatic amines is 1. The van der Waals surface area contributed by atoms with Crippen LogP contribution in [0.4, 0.5) is 0 Å². The van der Waals surface area contributed by atoms with E-state index in [-0.39, 0.29) is 12.3 Å². The van der Waals surface area contributed by atoms with Crippen molar-refractivity contribution < 1.29 is 14.3 Å². The molecule has 172 valence electrons. The molecule has 0 saturated carbocycles. The van der Waals surface area contributed by atoms with Crippen molar-refractivity contribution >= 4 is 60.5 Å². The van der Waals surface area contributed by atoms with Crippen molar-refractivity contribution in [1.29, 1.82) is 0 Å². The third kappa shape index (κ3) is 3.69. The Kier molecular flexibility index (Phi) is 5.72. The van der Waals surface area contributed by atoms with Gasteiger partial charge in [0, 0.05) is 27.0 Å². The van der Waals surface area contributed by atoms with Crippen molar-refractivity contribution in [3.05, 3.63) is 73.5 Å². The van der Waals surface area contributed by atoms with E-state index >= 15 is 0 Å². The number of hydrogen-bond donors (Lipinski definition) is 1. The van der Waals surface area contributed by atoms with Crippen LogP contribution in [0.15, 0.2) is 52.3 Å². The summed E-state index contributed by atoms with van der Waals surface area (Å²) >= 11 is 8.78. The SMILES string of the molecule is CCOC(=O)c1cc2c(-n3c(=O)[nH]c4cc(-c5cc(OC)ccc5Cl)sc4c3=O)cncc2s1. The molecular formula is C23H16ClN3O5S2. The molecule has 0 spiro atoms. The molecule has 1 N–H and O–H groups in total. The molecule has 0 atom stereocenters. The Hall–Kier alpha value is -3.47. The highest BCUT2D eigenvalue weighted by molar-refractivity contribution is 7.22. The van der Waals surface area contributed by atoms with Crippen molar-refractivity contribution in [1.82, 2.24) is 14.5 Å². The number of nitrogens with one attached hydrogen (secondary N) is 1. The lowest BCUT2D eigenvalue weighted by atomic mass is 10.2. The molecule has 0 bridgehead atoms. The predicted molar refractivity (Wildman–Crippen MR) is 134 cm³/mol. The lowest BCUT2D eigenvalue weighted by Crippen LogP contribution is -2.33. The summed E-state index contributed by atoms with van der Waals surface area (Å²) in [6.45, 7) is 1.96. The number of hydrogen-bond acceptors (Lipinski definition) is 8. The van der Waals surface area contributed by atoms with E-state index in [2.05, 4.69) is 9.97 Å². The second-order valence-electron chi connectivity index (χ2n) is 7.17. The van der Waals surface area contributed by atoms with E-state index in [1.165, 1.54) is 28.9 Å². The van der Waals surface area contributed by atoms with Gasteiger partial charge in [0.1, 0.15) is 15.3 Å². The number of nitrogens with zero attached hydrogens (tertiary/aromatic N) is 2. The first kappa shape index (κ1) is 22.3. The summed E-state index contributed by atoms with van der Waals surface area (Å²) in [4.78, 5) is 46.7. The number of rotatable bonds is 5. The van der Waals surface area contributed by atoms with E-state index in [1.54, 1.807) is 50.6 Å². The molecule has 4 aromatic heterocycles. The third-order valence-corrected chi connectivity index (χ3v) is 7.69. The lowest BCUT2D eigenvalue weighted by molar-refractivity contribution is 0.0532. The first-order chi connectivity index (χ1) is 16.4. The van der Waals surface area contributed by atoms with Crippen molar-refractivity contribution in [2.75, 3.05) is 13.7 Å². The fraction of sp³-hybridized carbons (Fsp3) is 0.130. The molecule has 5 aromatic rings. The summed E-state index contributed by atoms with van der Waals surface area (Å²) in [7, 11) is 1.56. The number of esters is 1. The molecule has 0 saturated heterocycles. The van der Waals surface area contributed by atoms with Crippen molar-refractivity contribution in [3.8, 4) is 21.9 Å². The van der Waals surface area contributed by atoms with Crippen molar-refractivity contribution in [3.63, 3.8) is 0 Å². The van der Waals surface area contributed by atoms with Crippen molar-refractivity contribution in [2.45, 2.75) is 6.92 Å². The molecule has 4 heterocycles. The van der Waals surface area contributed by atoms with Gasteiger partial charge < -0.3 is 14.5 Å². The molecule has 0 unspecified atom stereocenters. The molecule has 0 aliphatic carbocycles. The maximum absolute atomic E-state index is 13.5. The smallest absolute Gasteiger partial charge is 0.348 e. The number of carbonyl (C=O) groups excluding carboxylic acids is 1. The summed E-state index contributed by atoms with van der Waals surface area (Å²) in [5.41, 5.74) is 0.272. The molecule has 34 heavy (non-hydrogen) atoms. The zero-order valence-electron chi connectivity index (χ0n) is 17.9. The third-order valence-electron chi connectivity index (χ3n) is 5.16. The number of carbonyl (C=O) groups is 1. The van der Waals surface area contributed by atoms with Gasteiger partial charge in [-0.1, -0.05) is 11.6 Å². The summed E-state index contributed by atoms with van der Waals surface area (Å²) < 4.78 is 12.4. The number of methoxy groups -OCH3 is 1. The minimum absolute atomic E-state index is 0.242. The maximum atomic E-state index is 13.5. The number of H-pyrrole nitrogens is 1. The van der Waals surface area contributed by atoms with E-state index in [1.807, 2.05) is 0 Å². The molecule has 0 amide bonds.